The second-order valence-corrected chi connectivity index (χ2v) is 5.85. The number of anilines is 1. The third-order valence-corrected chi connectivity index (χ3v) is 3.76. The third kappa shape index (κ3) is 4.35. The van der Waals surface area contributed by atoms with Crippen LogP contribution in [0.25, 0.3) is 0 Å². The first-order valence-corrected chi connectivity index (χ1v) is 7.92. The van der Waals surface area contributed by atoms with Gasteiger partial charge in [0.1, 0.15) is 5.75 Å². The van der Waals surface area contributed by atoms with E-state index in [2.05, 4.69) is 49.2 Å². The number of morpholine rings is 1. The Morgan fingerprint density at radius 3 is 2.62 bits per heavy atom. The van der Waals surface area contributed by atoms with Crippen LogP contribution in [-0.2, 0) is 11.3 Å². The number of rotatable bonds is 6. The van der Waals surface area contributed by atoms with Crippen LogP contribution in [-0.4, -0.2) is 39.0 Å². The summed E-state index contributed by atoms with van der Waals surface area (Å²) in [7, 11) is 1.75. The van der Waals surface area contributed by atoms with Crippen LogP contribution in [0.5, 0.6) is 5.75 Å². The average molecular weight is 292 g/mol. The van der Waals surface area contributed by atoms with Gasteiger partial charge in [0, 0.05) is 19.6 Å². The number of methoxy groups -OCH3 is 1. The Morgan fingerprint density at radius 2 is 2.00 bits per heavy atom. The standard InChI is InChI=1S/C17H28N2O2/c1-5-8-18-10-15-6-7-16(17(9-15)20-4)19-11-13(2)21-14(3)12-19/h6-7,9,13-14,18H,5,8,10-12H2,1-4H3. The van der Waals surface area contributed by atoms with Gasteiger partial charge >= 0.3 is 0 Å². The molecule has 1 aliphatic rings. The zero-order valence-corrected chi connectivity index (χ0v) is 13.7. The van der Waals surface area contributed by atoms with Crippen molar-refractivity contribution < 1.29 is 9.47 Å². The monoisotopic (exact) mass is 292 g/mol. The third-order valence-electron chi connectivity index (χ3n) is 3.76. The molecule has 118 valence electrons. The van der Waals surface area contributed by atoms with Gasteiger partial charge in [0.15, 0.2) is 0 Å². The predicted molar refractivity (Wildman–Crippen MR) is 87.2 cm³/mol. The topological polar surface area (TPSA) is 33.7 Å². The summed E-state index contributed by atoms with van der Waals surface area (Å²) in [5.74, 6) is 0.951. The Bertz CT molecular complexity index is 440. The Balaban J connectivity index is 2.12. The molecule has 0 aromatic heterocycles. The Kier molecular flexibility index (Phi) is 5.88. The van der Waals surface area contributed by atoms with Crippen molar-refractivity contribution in [2.45, 2.75) is 45.9 Å². The highest BCUT2D eigenvalue weighted by Gasteiger charge is 2.24. The first kappa shape index (κ1) is 16.1. The van der Waals surface area contributed by atoms with Crippen LogP contribution >= 0.6 is 0 Å². The quantitative estimate of drug-likeness (QED) is 0.818. The molecule has 0 amide bonds. The fourth-order valence-corrected chi connectivity index (χ4v) is 2.88. The molecular weight excluding hydrogens is 264 g/mol. The molecule has 0 spiro atoms. The van der Waals surface area contributed by atoms with E-state index in [1.54, 1.807) is 7.11 Å². The van der Waals surface area contributed by atoms with Gasteiger partial charge in [-0.2, -0.15) is 0 Å². The Hall–Kier alpha value is -1.26. The van der Waals surface area contributed by atoms with Gasteiger partial charge in [0.25, 0.3) is 0 Å². The smallest absolute Gasteiger partial charge is 0.142 e. The number of benzene rings is 1. The van der Waals surface area contributed by atoms with Crippen molar-refractivity contribution in [1.82, 2.24) is 5.32 Å². The lowest BCUT2D eigenvalue weighted by Crippen LogP contribution is -2.45. The fraction of sp³-hybridized carbons (Fsp3) is 0.647. The largest absolute Gasteiger partial charge is 0.495 e. The molecule has 4 nitrogen and oxygen atoms in total. The maximum Gasteiger partial charge on any atom is 0.142 e. The maximum absolute atomic E-state index is 5.81. The molecule has 1 saturated heterocycles. The Morgan fingerprint density at radius 1 is 1.29 bits per heavy atom. The summed E-state index contributed by atoms with van der Waals surface area (Å²) < 4.78 is 11.4. The van der Waals surface area contributed by atoms with Crippen LogP contribution in [0.2, 0.25) is 0 Å². The molecule has 1 aliphatic heterocycles. The number of nitrogens with zero attached hydrogens (tertiary/aromatic N) is 1. The lowest BCUT2D eigenvalue weighted by molar-refractivity contribution is -0.00532. The zero-order chi connectivity index (χ0) is 15.2. The van der Waals surface area contributed by atoms with Crippen LogP contribution in [0, 0.1) is 0 Å². The second kappa shape index (κ2) is 7.66. The van der Waals surface area contributed by atoms with Crippen LogP contribution in [0.15, 0.2) is 18.2 Å². The summed E-state index contributed by atoms with van der Waals surface area (Å²) in [6.45, 7) is 10.2. The second-order valence-electron chi connectivity index (χ2n) is 5.85. The normalized spacial score (nSPS) is 22.4. The SMILES string of the molecule is CCCNCc1ccc(N2CC(C)OC(C)C2)c(OC)c1. The summed E-state index contributed by atoms with van der Waals surface area (Å²) >= 11 is 0. The number of ether oxygens (including phenoxy) is 2. The van der Waals surface area contributed by atoms with Crippen molar-refractivity contribution in [3.8, 4) is 5.75 Å². The first-order valence-electron chi connectivity index (χ1n) is 7.92. The molecule has 2 atom stereocenters. The molecule has 0 bridgehead atoms. The van der Waals surface area contributed by atoms with Gasteiger partial charge < -0.3 is 19.7 Å². The lowest BCUT2D eigenvalue weighted by Gasteiger charge is -2.37. The van der Waals surface area contributed by atoms with Crippen molar-refractivity contribution in [3.63, 3.8) is 0 Å². The summed E-state index contributed by atoms with van der Waals surface area (Å²) in [6, 6.07) is 6.50. The van der Waals surface area contributed by atoms with E-state index in [9.17, 15) is 0 Å². The van der Waals surface area contributed by atoms with Crippen molar-refractivity contribution in [3.05, 3.63) is 23.8 Å². The van der Waals surface area contributed by atoms with E-state index >= 15 is 0 Å². The van der Waals surface area contributed by atoms with E-state index in [0.717, 1.165) is 38.3 Å². The number of hydrogen-bond acceptors (Lipinski definition) is 4. The van der Waals surface area contributed by atoms with Crippen molar-refractivity contribution in [2.75, 3.05) is 31.6 Å². The molecule has 2 rings (SSSR count). The van der Waals surface area contributed by atoms with Crippen molar-refractivity contribution >= 4 is 5.69 Å². The first-order chi connectivity index (χ1) is 10.1. The summed E-state index contributed by atoms with van der Waals surface area (Å²) in [4.78, 5) is 2.36. The summed E-state index contributed by atoms with van der Waals surface area (Å²) in [5, 5.41) is 3.43. The summed E-state index contributed by atoms with van der Waals surface area (Å²) in [6.07, 6.45) is 1.66. The maximum atomic E-state index is 5.81. The van der Waals surface area contributed by atoms with Crippen LogP contribution in [0.3, 0.4) is 0 Å². The lowest BCUT2D eigenvalue weighted by atomic mass is 10.1. The molecule has 0 saturated carbocycles. The molecule has 1 heterocycles. The van der Waals surface area contributed by atoms with Gasteiger partial charge in [-0.25, -0.2) is 0 Å². The van der Waals surface area contributed by atoms with Crippen molar-refractivity contribution in [1.29, 1.82) is 0 Å². The highest BCUT2D eigenvalue weighted by Crippen LogP contribution is 2.31. The molecule has 21 heavy (non-hydrogen) atoms. The Labute approximate surface area is 128 Å². The molecular formula is C17H28N2O2. The molecule has 4 heteroatoms. The van der Waals surface area contributed by atoms with E-state index in [0.29, 0.717) is 0 Å². The van der Waals surface area contributed by atoms with Gasteiger partial charge in [0.05, 0.1) is 25.0 Å². The minimum absolute atomic E-state index is 0.254. The molecule has 1 aromatic rings. The van der Waals surface area contributed by atoms with Crippen LogP contribution < -0.4 is 15.0 Å². The van der Waals surface area contributed by atoms with E-state index in [1.165, 1.54) is 11.3 Å². The van der Waals surface area contributed by atoms with Gasteiger partial charge in [-0.15, -0.1) is 0 Å². The highest BCUT2D eigenvalue weighted by atomic mass is 16.5. The molecule has 1 N–H and O–H groups in total. The van der Waals surface area contributed by atoms with Crippen LogP contribution in [0.1, 0.15) is 32.8 Å². The summed E-state index contributed by atoms with van der Waals surface area (Å²) in [5.41, 5.74) is 2.43. The zero-order valence-electron chi connectivity index (χ0n) is 13.7. The minimum Gasteiger partial charge on any atom is -0.495 e. The fourth-order valence-electron chi connectivity index (χ4n) is 2.88. The number of hydrogen-bond donors (Lipinski definition) is 1. The van der Waals surface area contributed by atoms with E-state index < -0.39 is 0 Å². The molecule has 1 fully saturated rings. The van der Waals surface area contributed by atoms with E-state index in [-0.39, 0.29) is 12.2 Å². The van der Waals surface area contributed by atoms with E-state index in [4.69, 9.17) is 9.47 Å². The van der Waals surface area contributed by atoms with E-state index in [1.807, 2.05) is 0 Å². The van der Waals surface area contributed by atoms with Gasteiger partial charge in [-0.05, 0) is 44.5 Å². The number of nitrogens with one attached hydrogen (secondary N) is 1. The van der Waals surface area contributed by atoms with Crippen LogP contribution in [0.4, 0.5) is 5.69 Å². The average Bonchev–Trinajstić information content (AvgIpc) is 2.46. The van der Waals surface area contributed by atoms with Crippen molar-refractivity contribution in [2.24, 2.45) is 0 Å². The van der Waals surface area contributed by atoms with Gasteiger partial charge in [-0.1, -0.05) is 13.0 Å². The molecule has 0 aliphatic carbocycles. The molecule has 0 radical (unpaired) electrons. The predicted octanol–water partition coefficient (Wildman–Crippen LogP) is 2.81. The molecule has 1 aromatic carbocycles. The van der Waals surface area contributed by atoms with Gasteiger partial charge in [-0.3, -0.25) is 0 Å². The molecule has 2 unspecified atom stereocenters. The minimum atomic E-state index is 0.254. The highest BCUT2D eigenvalue weighted by molar-refractivity contribution is 5.60. The van der Waals surface area contributed by atoms with Gasteiger partial charge in [0.2, 0.25) is 0 Å².